The van der Waals surface area contributed by atoms with Gasteiger partial charge in [0.2, 0.25) is 0 Å². The van der Waals surface area contributed by atoms with E-state index in [0.717, 1.165) is 20.2 Å². The molecule has 0 aliphatic heterocycles. The molecular formula is C15H14BrFIN. The summed E-state index contributed by atoms with van der Waals surface area (Å²) in [6, 6.07) is 13.3. The van der Waals surface area contributed by atoms with E-state index < -0.39 is 0 Å². The normalized spacial score (nSPS) is 12.2. The van der Waals surface area contributed by atoms with E-state index in [4.69, 9.17) is 0 Å². The van der Waals surface area contributed by atoms with Crippen LogP contribution in [0.3, 0.4) is 0 Å². The minimum absolute atomic E-state index is 0.203. The van der Waals surface area contributed by atoms with Crippen LogP contribution >= 0.6 is 38.5 Å². The summed E-state index contributed by atoms with van der Waals surface area (Å²) in [6.45, 7) is 2.13. The van der Waals surface area contributed by atoms with E-state index in [1.54, 1.807) is 6.07 Å². The molecule has 0 saturated carbocycles. The van der Waals surface area contributed by atoms with E-state index in [-0.39, 0.29) is 11.9 Å². The molecule has 0 aliphatic rings. The number of halogens is 3. The Hall–Kier alpha value is -0.620. The Balaban J connectivity index is 2.24. The Morgan fingerprint density at radius 3 is 2.68 bits per heavy atom. The molecule has 0 aliphatic carbocycles. The fourth-order valence-electron chi connectivity index (χ4n) is 1.94. The first-order valence-corrected chi connectivity index (χ1v) is 7.94. The summed E-state index contributed by atoms with van der Waals surface area (Å²) in [5.74, 6) is -0.203. The number of rotatable bonds is 4. The van der Waals surface area contributed by atoms with E-state index in [1.165, 1.54) is 17.7 Å². The van der Waals surface area contributed by atoms with Gasteiger partial charge in [0.1, 0.15) is 5.82 Å². The van der Waals surface area contributed by atoms with Crippen LogP contribution in [0.1, 0.15) is 24.9 Å². The largest absolute Gasteiger partial charge is 0.377 e. The lowest BCUT2D eigenvalue weighted by molar-refractivity contribution is 0.626. The average Bonchev–Trinajstić information content (AvgIpc) is 2.38. The fourth-order valence-corrected chi connectivity index (χ4v) is 2.99. The summed E-state index contributed by atoms with van der Waals surface area (Å²) >= 11 is 5.64. The Bertz CT molecular complexity index is 574. The first-order valence-electron chi connectivity index (χ1n) is 6.07. The molecule has 2 aromatic carbocycles. The smallest absolute Gasteiger partial charge is 0.124 e. The SMILES string of the molecule is CCC(Nc1ccc(F)cc1I)c1cccc(Br)c1. The molecule has 0 heterocycles. The summed E-state index contributed by atoms with van der Waals surface area (Å²) in [5, 5.41) is 3.47. The zero-order valence-corrected chi connectivity index (χ0v) is 14.2. The van der Waals surface area contributed by atoms with Gasteiger partial charge in [0, 0.05) is 13.7 Å². The third-order valence-corrected chi connectivity index (χ3v) is 4.31. The van der Waals surface area contributed by atoms with Crippen molar-refractivity contribution in [2.24, 2.45) is 0 Å². The minimum atomic E-state index is -0.203. The van der Waals surface area contributed by atoms with Gasteiger partial charge in [-0.3, -0.25) is 0 Å². The zero-order chi connectivity index (χ0) is 13.8. The van der Waals surface area contributed by atoms with Gasteiger partial charge in [-0.25, -0.2) is 4.39 Å². The molecule has 0 spiro atoms. The van der Waals surface area contributed by atoms with Crippen LogP contribution in [0.5, 0.6) is 0 Å². The maximum Gasteiger partial charge on any atom is 0.124 e. The molecule has 1 N–H and O–H groups in total. The van der Waals surface area contributed by atoms with E-state index >= 15 is 0 Å². The fraction of sp³-hybridized carbons (Fsp3) is 0.200. The van der Waals surface area contributed by atoms with Crippen LogP contribution in [0.2, 0.25) is 0 Å². The van der Waals surface area contributed by atoms with Gasteiger partial charge in [-0.05, 0) is 64.9 Å². The quantitative estimate of drug-likeness (QED) is 0.604. The van der Waals surface area contributed by atoms with Gasteiger partial charge in [0.15, 0.2) is 0 Å². The topological polar surface area (TPSA) is 12.0 Å². The first kappa shape index (κ1) is 14.8. The lowest BCUT2D eigenvalue weighted by Crippen LogP contribution is -2.10. The Morgan fingerprint density at radius 2 is 2.05 bits per heavy atom. The predicted octanol–water partition coefficient (Wildman–Crippen LogP) is 5.76. The maximum absolute atomic E-state index is 13.1. The van der Waals surface area contributed by atoms with Crippen LogP contribution in [0.15, 0.2) is 46.9 Å². The second kappa shape index (κ2) is 6.70. The van der Waals surface area contributed by atoms with Crippen LogP contribution in [0.25, 0.3) is 0 Å². The Kier molecular flexibility index (Phi) is 5.21. The van der Waals surface area contributed by atoms with E-state index in [1.807, 2.05) is 12.1 Å². The maximum atomic E-state index is 13.1. The zero-order valence-electron chi connectivity index (χ0n) is 10.5. The summed E-state index contributed by atoms with van der Waals surface area (Å²) in [4.78, 5) is 0. The van der Waals surface area contributed by atoms with Gasteiger partial charge in [-0.15, -0.1) is 0 Å². The molecule has 19 heavy (non-hydrogen) atoms. The lowest BCUT2D eigenvalue weighted by Gasteiger charge is -2.20. The molecule has 2 aromatic rings. The van der Waals surface area contributed by atoms with Gasteiger partial charge >= 0.3 is 0 Å². The van der Waals surface area contributed by atoms with Crippen molar-refractivity contribution in [3.05, 3.63) is 61.9 Å². The first-order chi connectivity index (χ1) is 9.10. The molecule has 0 saturated heterocycles. The van der Waals surface area contributed by atoms with E-state index in [9.17, 15) is 4.39 Å². The van der Waals surface area contributed by atoms with Gasteiger partial charge in [0.05, 0.1) is 6.04 Å². The molecule has 1 nitrogen and oxygen atoms in total. The van der Waals surface area contributed by atoms with Crippen molar-refractivity contribution in [2.75, 3.05) is 5.32 Å². The highest BCUT2D eigenvalue weighted by molar-refractivity contribution is 14.1. The van der Waals surface area contributed by atoms with Crippen molar-refractivity contribution in [3.63, 3.8) is 0 Å². The highest BCUT2D eigenvalue weighted by atomic mass is 127. The second-order valence-electron chi connectivity index (χ2n) is 4.28. The van der Waals surface area contributed by atoms with Crippen LogP contribution in [-0.4, -0.2) is 0 Å². The number of hydrogen-bond donors (Lipinski definition) is 1. The molecule has 0 radical (unpaired) electrons. The number of benzene rings is 2. The van der Waals surface area contributed by atoms with Gasteiger partial charge in [0.25, 0.3) is 0 Å². The molecule has 1 unspecified atom stereocenters. The third kappa shape index (κ3) is 3.92. The Morgan fingerprint density at radius 1 is 1.26 bits per heavy atom. The van der Waals surface area contributed by atoms with Crippen molar-refractivity contribution in [3.8, 4) is 0 Å². The van der Waals surface area contributed by atoms with Crippen molar-refractivity contribution in [1.29, 1.82) is 0 Å². The van der Waals surface area contributed by atoms with Crippen molar-refractivity contribution in [1.82, 2.24) is 0 Å². The summed E-state index contributed by atoms with van der Waals surface area (Å²) in [6.07, 6.45) is 0.962. The van der Waals surface area contributed by atoms with Crippen LogP contribution in [-0.2, 0) is 0 Å². The predicted molar refractivity (Wildman–Crippen MR) is 89.9 cm³/mol. The minimum Gasteiger partial charge on any atom is -0.377 e. The summed E-state index contributed by atoms with van der Waals surface area (Å²) < 4.78 is 15.1. The van der Waals surface area contributed by atoms with Gasteiger partial charge in [-0.1, -0.05) is 35.0 Å². The number of nitrogens with one attached hydrogen (secondary N) is 1. The van der Waals surface area contributed by atoms with Crippen molar-refractivity contribution < 1.29 is 4.39 Å². The molecule has 0 amide bonds. The molecule has 0 fully saturated rings. The van der Waals surface area contributed by atoms with Crippen molar-refractivity contribution >= 4 is 44.2 Å². The highest BCUT2D eigenvalue weighted by Gasteiger charge is 2.11. The number of hydrogen-bond acceptors (Lipinski definition) is 1. The Labute approximate surface area is 134 Å². The van der Waals surface area contributed by atoms with Gasteiger partial charge in [-0.2, -0.15) is 0 Å². The molecule has 2 rings (SSSR count). The van der Waals surface area contributed by atoms with Crippen LogP contribution in [0, 0.1) is 9.39 Å². The second-order valence-corrected chi connectivity index (χ2v) is 6.36. The molecule has 0 aromatic heterocycles. The summed E-state index contributed by atoms with van der Waals surface area (Å²) in [5.41, 5.74) is 2.19. The lowest BCUT2D eigenvalue weighted by atomic mass is 10.0. The monoisotopic (exact) mass is 433 g/mol. The van der Waals surface area contributed by atoms with Crippen molar-refractivity contribution in [2.45, 2.75) is 19.4 Å². The molecule has 4 heteroatoms. The van der Waals surface area contributed by atoms with Gasteiger partial charge < -0.3 is 5.32 Å². The standard InChI is InChI=1S/C15H14BrFIN/c1-2-14(10-4-3-5-11(16)8-10)19-15-7-6-12(17)9-13(15)18/h3-9,14,19H,2H2,1H3. The summed E-state index contributed by atoms with van der Waals surface area (Å²) in [7, 11) is 0. The molecule has 1 atom stereocenters. The number of anilines is 1. The third-order valence-electron chi connectivity index (χ3n) is 2.92. The van der Waals surface area contributed by atoms with E-state index in [2.05, 4.69) is 62.9 Å². The van der Waals surface area contributed by atoms with Crippen LogP contribution in [0.4, 0.5) is 10.1 Å². The molecular weight excluding hydrogens is 420 g/mol. The van der Waals surface area contributed by atoms with E-state index in [0.29, 0.717) is 0 Å². The van der Waals surface area contributed by atoms with Crippen LogP contribution < -0.4 is 5.32 Å². The molecule has 0 bridgehead atoms. The average molecular weight is 434 g/mol. The molecule has 100 valence electrons. The highest BCUT2D eigenvalue weighted by Crippen LogP contribution is 2.27.